The van der Waals surface area contributed by atoms with E-state index < -0.39 is 0 Å². The third-order valence-corrected chi connectivity index (χ3v) is 2.63. The van der Waals surface area contributed by atoms with Gasteiger partial charge in [0.05, 0.1) is 0 Å². The van der Waals surface area contributed by atoms with Gasteiger partial charge in [0.1, 0.15) is 17.6 Å². The molecule has 2 rings (SSSR count). The van der Waals surface area contributed by atoms with Crippen LogP contribution in [0.2, 0.25) is 0 Å². The molecule has 2 aromatic rings. The number of rotatable bonds is 1. The highest BCUT2D eigenvalue weighted by Gasteiger charge is 2.06. The van der Waals surface area contributed by atoms with Crippen molar-refractivity contribution in [3.05, 3.63) is 41.1 Å². The average Bonchev–Trinajstić information content (AvgIpc) is 2.32. The number of nitrogens with zero attached hydrogens (tertiary/aromatic N) is 3. The van der Waals surface area contributed by atoms with Crippen molar-refractivity contribution in [3.8, 4) is 17.5 Å². The lowest BCUT2D eigenvalue weighted by Gasteiger charge is -2.05. The number of aromatic nitrogens is 2. The summed E-state index contributed by atoms with van der Waals surface area (Å²) in [5, 5.41) is 8.84. The van der Waals surface area contributed by atoms with Crippen molar-refractivity contribution in [1.29, 1.82) is 5.26 Å². The van der Waals surface area contributed by atoms with Crippen LogP contribution in [0.4, 0.5) is 5.82 Å². The molecule has 0 spiro atoms. The molecule has 1 aromatic heterocycles. The Kier molecular flexibility index (Phi) is 2.75. The molecule has 0 saturated carbocycles. The first kappa shape index (κ1) is 11.1. The molecule has 84 valence electrons. The normalized spacial score (nSPS) is 9.94. The molecule has 4 heteroatoms. The van der Waals surface area contributed by atoms with Crippen molar-refractivity contribution in [3.63, 3.8) is 0 Å². The number of anilines is 1. The Morgan fingerprint density at radius 2 is 1.88 bits per heavy atom. The number of aryl methyl sites for hydroxylation is 2. The predicted molar refractivity (Wildman–Crippen MR) is 66.1 cm³/mol. The minimum Gasteiger partial charge on any atom is -0.384 e. The zero-order chi connectivity index (χ0) is 12.4. The highest BCUT2D eigenvalue weighted by molar-refractivity contribution is 5.59. The highest BCUT2D eigenvalue weighted by Crippen LogP contribution is 2.19. The lowest BCUT2D eigenvalue weighted by Crippen LogP contribution is -1.98. The first-order valence-corrected chi connectivity index (χ1v) is 5.22. The van der Waals surface area contributed by atoms with E-state index in [2.05, 4.69) is 9.97 Å². The van der Waals surface area contributed by atoms with Gasteiger partial charge in [-0.25, -0.2) is 9.97 Å². The van der Waals surface area contributed by atoms with E-state index in [0.29, 0.717) is 11.6 Å². The summed E-state index contributed by atoms with van der Waals surface area (Å²) in [6.45, 7) is 4.07. The van der Waals surface area contributed by atoms with Gasteiger partial charge in [-0.15, -0.1) is 0 Å². The number of nitriles is 1. The Bertz CT molecular complexity index is 611. The highest BCUT2D eigenvalue weighted by atomic mass is 14.9. The monoisotopic (exact) mass is 224 g/mol. The summed E-state index contributed by atoms with van der Waals surface area (Å²) in [4.78, 5) is 8.28. The van der Waals surface area contributed by atoms with Crippen LogP contribution in [0.3, 0.4) is 0 Å². The maximum absolute atomic E-state index is 8.84. The number of nitrogens with two attached hydrogens (primary N) is 1. The summed E-state index contributed by atoms with van der Waals surface area (Å²) in [5.74, 6) is 0.800. The Morgan fingerprint density at radius 3 is 2.53 bits per heavy atom. The van der Waals surface area contributed by atoms with E-state index >= 15 is 0 Å². The molecule has 0 fully saturated rings. The zero-order valence-electron chi connectivity index (χ0n) is 9.73. The first-order chi connectivity index (χ1) is 8.10. The molecule has 0 saturated heterocycles. The largest absolute Gasteiger partial charge is 0.384 e. The van der Waals surface area contributed by atoms with Gasteiger partial charge in [-0.2, -0.15) is 5.26 Å². The maximum atomic E-state index is 8.84. The number of hydrogen-bond acceptors (Lipinski definition) is 4. The molecule has 4 nitrogen and oxygen atoms in total. The lowest BCUT2D eigenvalue weighted by atomic mass is 10.1. The van der Waals surface area contributed by atoms with Crippen LogP contribution in [0.1, 0.15) is 16.8 Å². The van der Waals surface area contributed by atoms with E-state index in [9.17, 15) is 0 Å². The Balaban J connectivity index is 2.56. The van der Waals surface area contributed by atoms with Crippen molar-refractivity contribution < 1.29 is 0 Å². The first-order valence-electron chi connectivity index (χ1n) is 5.22. The van der Waals surface area contributed by atoms with Gasteiger partial charge in [0, 0.05) is 11.6 Å². The van der Waals surface area contributed by atoms with Crippen LogP contribution >= 0.6 is 0 Å². The van der Waals surface area contributed by atoms with E-state index in [1.807, 2.05) is 38.1 Å². The standard InChI is InChI=1S/C13H12N4/c1-8-3-4-10(5-9(8)2)13-16-11(7-14)6-12(15)17-13/h3-6H,1-2H3,(H2,15,16,17). The summed E-state index contributed by atoms with van der Waals surface area (Å²) >= 11 is 0. The van der Waals surface area contributed by atoms with Gasteiger partial charge in [0.2, 0.25) is 0 Å². The molecule has 0 amide bonds. The van der Waals surface area contributed by atoms with Crippen LogP contribution < -0.4 is 5.73 Å². The minimum atomic E-state index is 0.283. The van der Waals surface area contributed by atoms with Crippen molar-refractivity contribution in [2.45, 2.75) is 13.8 Å². The summed E-state index contributed by atoms with van der Waals surface area (Å²) in [6.07, 6.45) is 0. The second-order valence-corrected chi connectivity index (χ2v) is 3.91. The van der Waals surface area contributed by atoms with Crippen LogP contribution in [0.15, 0.2) is 24.3 Å². The fourth-order valence-electron chi connectivity index (χ4n) is 1.53. The van der Waals surface area contributed by atoms with Gasteiger partial charge in [-0.3, -0.25) is 0 Å². The summed E-state index contributed by atoms with van der Waals surface area (Å²) in [6, 6.07) is 9.36. The molecule has 17 heavy (non-hydrogen) atoms. The van der Waals surface area contributed by atoms with E-state index in [1.54, 1.807) is 0 Å². The molecule has 0 atom stereocenters. The van der Waals surface area contributed by atoms with Crippen molar-refractivity contribution in [1.82, 2.24) is 9.97 Å². The van der Waals surface area contributed by atoms with Crippen LogP contribution in [0.5, 0.6) is 0 Å². The average molecular weight is 224 g/mol. The molecule has 2 N–H and O–H groups in total. The molecule has 0 aliphatic heterocycles. The fraction of sp³-hybridized carbons (Fsp3) is 0.154. The van der Waals surface area contributed by atoms with Gasteiger partial charge < -0.3 is 5.73 Å². The van der Waals surface area contributed by atoms with Crippen LogP contribution in [0, 0.1) is 25.2 Å². The third-order valence-electron chi connectivity index (χ3n) is 2.63. The van der Waals surface area contributed by atoms with Crippen LogP contribution in [0.25, 0.3) is 11.4 Å². The lowest BCUT2D eigenvalue weighted by molar-refractivity contribution is 1.15. The number of benzene rings is 1. The minimum absolute atomic E-state index is 0.283. The Labute approximate surface area is 99.8 Å². The molecule has 0 radical (unpaired) electrons. The maximum Gasteiger partial charge on any atom is 0.162 e. The Morgan fingerprint density at radius 1 is 1.12 bits per heavy atom. The van der Waals surface area contributed by atoms with Crippen molar-refractivity contribution in [2.75, 3.05) is 5.73 Å². The number of hydrogen-bond donors (Lipinski definition) is 1. The fourth-order valence-corrected chi connectivity index (χ4v) is 1.53. The van der Waals surface area contributed by atoms with E-state index in [0.717, 1.165) is 11.1 Å². The van der Waals surface area contributed by atoms with E-state index in [-0.39, 0.29) is 5.69 Å². The third kappa shape index (κ3) is 2.23. The predicted octanol–water partition coefficient (Wildman–Crippen LogP) is 2.21. The molecule has 0 aliphatic carbocycles. The van der Waals surface area contributed by atoms with Crippen molar-refractivity contribution >= 4 is 5.82 Å². The smallest absolute Gasteiger partial charge is 0.162 e. The summed E-state index contributed by atoms with van der Waals surface area (Å²) < 4.78 is 0. The summed E-state index contributed by atoms with van der Waals surface area (Å²) in [5.41, 5.74) is 9.16. The second-order valence-electron chi connectivity index (χ2n) is 3.91. The van der Waals surface area contributed by atoms with Gasteiger partial charge in [-0.05, 0) is 31.0 Å². The summed E-state index contributed by atoms with van der Waals surface area (Å²) in [7, 11) is 0. The quantitative estimate of drug-likeness (QED) is 0.805. The van der Waals surface area contributed by atoms with Crippen LogP contribution in [-0.4, -0.2) is 9.97 Å². The molecule has 0 aliphatic rings. The molecule has 0 bridgehead atoms. The Hall–Kier alpha value is -2.41. The van der Waals surface area contributed by atoms with E-state index in [1.165, 1.54) is 11.6 Å². The SMILES string of the molecule is Cc1ccc(-c2nc(N)cc(C#N)n2)cc1C. The topological polar surface area (TPSA) is 75.6 Å². The molecule has 1 heterocycles. The zero-order valence-corrected chi connectivity index (χ0v) is 9.73. The van der Waals surface area contributed by atoms with Crippen LogP contribution in [-0.2, 0) is 0 Å². The van der Waals surface area contributed by atoms with Gasteiger partial charge in [0.25, 0.3) is 0 Å². The molecule has 1 aromatic carbocycles. The molecular weight excluding hydrogens is 212 g/mol. The molecule has 0 unspecified atom stereocenters. The van der Waals surface area contributed by atoms with Gasteiger partial charge in [0.15, 0.2) is 5.82 Å². The second kappa shape index (κ2) is 4.22. The van der Waals surface area contributed by atoms with Gasteiger partial charge in [-0.1, -0.05) is 12.1 Å². The van der Waals surface area contributed by atoms with E-state index in [4.69, 9.17) is 11.0 Å². The number of nitrogen functional groups attached to an aromatic ring is 1. The van der Waals surface area contributed by atoms with Gasteiger partial charge >= 0.3 is 0 Å². The molecular formula is C13H12N4. The van der Waals surface area contributed by atoms with Crippen molar-refractivity contribution in [2.24, 2.45) is 0 Å².